The summed E-state index contributed by atoms with van der Waals surface area (Å²) in [4.78, 5) is 60.4. The molecule has 0 bridgehead atoms. The number of phenolic OH excluding ortho intramolecular Hbond substituents is 1. The van der Waals surface area contributed by atoms with Crippen LogP contribution in [0.2, 0.25) is 0 Å². The van der Waals surface area contributed by atoms with Crippen molar-refractivity contribution in [2.45, 2.75) is 64.2 Å². The lowest BCUT2D eigenvalue weighted by atomic mass is 10.00. The summed E-state index contributed by atoms with van der Waals surface area (Å²) in [6.45, 7) is 4.76. The Bertz CT molecular complexity index is 886. The molecule has 4 atom stereocenters. The molecule has 4 amide bonds. The number of carboxylic acid groups (broad SMARTS) is 1. The van der Waals surface area contributed by atoms with Crippen LogP contribution in [0.15, 0.2) is 24.3 Å². The van der Waals surface area contributed by atoms with Crippen LogP contribution >= 0.6 is 0 Å². The summed E-state index contributed by atoms with van der Waals surface area (Å²) in [6.07, 6.45) is -0.398. The van der Waals surface area contributed by atoms with Crippen LogP contribution in [0.5, 0.6) is 5.75 Å². The zero-order valence-electron chi connectivity index (χ0n) is 19.4. The SMILES string of the molecule is CC(N)C(=O)NC(Cc1ccc(O)cc1)C(=O)NC(C(=O)NC(CCC(N)=O)C(=O)O)C(C)C. The molecule has 0 aliphatic carbocycles. The minimum Gasteiger partial charge on any atom is -0.508 e. The fourth-order valence-corrected chi connectivity index (χ4v) is 2.97. The number of benzene rings is 1. The van der Waals surface area contributed by atoms with Crippen LogP contribution in [0.4, 0.5) is 0 Å². The second kappa shape index (κ2) is 13.1. The van der Waals surface area contributed by atoms with Crippen molar-refractivity contribution in [3.8, 4) is 5.75 Å². The molecule has 34 heavy (non-hydrogen) atoms. The standard InChI is InChI=1S/C22H33N5O7/c1-11(2)18(21(32)25-15(22(33)34)8-9-17(24)29)27-20(31)16(26-19(30)12(3)23)10-13-4-6-14(28)7-5-13/h4-7,11-12,15-16,18,28H,8-10,23H2,1-3H3,(H2,24,29)(H,25,32)(H,26,30)(H,27,31)(H,33,34). The average molecular weight is 480 g/mol. The molecule has 1 aromatic rings. The molecule has 1 rings (SSSR count). The Morgan fingerprint density at radius 3 is 1.91 bits per heavy atom. The van der Waals surface area contributed by atoms with E-state index in [0.29, 0.717) is 5.56 Å². The van der Waals surface area contributed by atoms with Gasteiger partial charge in [0.05, 0.1) is 6.04 Å². The Morgan fingerprint density at radius 1 is 0.882 bits per heavy atom. The molecule has 0 radical (unpaired) electrons. The van der Waals surface area contributed by atoms with E-state index >= 15 is 0 Å². The molecule has 188 valence electrons. The summed E-state index contributed by atoms with van der Waals surface area (Å²) in [5, 5.41) is 26.2. The molecular formula is C22H33N5O7. The molecule has 0 fully saturated rings. The first-order valence-electron chi connectivity index (χ1n) is 10.8. The number of hydrogen-bond donors (Lipinski definition) is 7. The zero-order valence-corrected chi connectivity index (χ0v) is 19.4. The first-order valence-corrected chi connectivity index (χ1v) is 10.8. The Morgan fingerprint density at radius 2 is 1.44 bits per heavy atom. The van der Waals surface area contributed by atoms with Gasteiger partial charge >= 0.3 is 5.97 Å². The summed E-state index contributed by atoms with van der Waals surface area (Å²) >= 11 is 0. The number of carbonyl (C=O) groups excluding carboxylic acids is 4. The van der Waals surface area contributed by atoms with Crippen molar-refractivity contribution in [2.75, 3.05) is 0 Å². The molecule has 0 spiro atoms. The number of rotatable bonds is 13. The molecule has 0 heterocycles. The molecule has 12 heteroatoms. The van der Waals surface area contributed by atoms with Crippen LogP contribution in [-0.2, 0) is 30.4 Å². The van der Waals surface area contributed by atoms with Gasteiger partial charge in [0.15, 0.2) is 0 Å². The van der Waals surface area contributed by atoms with Crippen molar-refractivity contribution in [2.24, 2.45) is 17.4 Å². The van der Waals surface area contributed by atoms with E-state index in [1.54, 1.807) is 26.0 Å². The second-order valence-electron chi connectivity index (χ2n) is 8.36. The minimum absolute atomic E-state index is 0.0326. The molecule has 12 nitrogen and oxygen atoms in total. The van der Waals surface area contributed by atoms with Gasteiger partial charge in [-0.1, -0.05) is 26.0 Å². The molecule has 4 unspecified atom stereocenters. The Labute approximate surface area is 197 Å². The number of amides is 4. The molecule has 9 N–H and O–H groups in total. The number of carbonyl (C=O) groups is 5. The van der Waals surface area contributed by atoms with E-state index in [0.717, 1.165) is 0 Å². The molecule has 0 aliphatic heterocycles. The highest BCUT2D eigenvalue weighted by Gasteiger charge is 2.31. The molecule has 0 aromatic heterocycles. The van der Waals surface area contributed by atoms with Crippen molar-refractivity contribution >= 4 is 29.6 Å². The van der Waals surface area contributed by atoms with E-state index in [4.69, 9.17) is 11.5 Å². The summed E-state index contributed by atoms with van der Waals surface area (Å²) in [6, 6.07) is 1.54. The maximum atomic E-state index is 13.1. The predicted molar refractivity (Wildman–Crippen MR) is 122 cm³/mol. The number of nitrogens with one attached hydrogen (secondary N) is 3. The predicted octanol–water partition coefficient (Wildman–Crippen LogP) is -1.26. The Hall–Kier alpha value is -3.67. The lowest BCUT2D eigenvalue weighted by Crippen LogP contribution is -2.58. The summed E-state index contributed by atoms with van der Waals surface area (Å²) < 4.78 is 0. The van der Waals surface area contributed by atoms with Gasteiger partial charge in [0, 0.05) is 12.8 Å². The second-order valence-corrected chi connectivity index (χ2v) is 8.36. The van der Waals surface area contributed by atoms with Crippen molar-refractivity contribution in [1.82, 2.24) is 16.0 Å². The normalized spacial score (nSPS) is 14.4. The highest BCUT2D eigenvalue weighted by Crippen LogP contribution is 2.12. The fraction of sp³-hybridized carbons (Fsp3) is 0.500. The third kappa shape index (κ3) is 9.45. The van der Waals surface area contributed by atoms with Crippen molar-refractivity contribution in [3.05, 3.63) is 29.8 Å². The summed E-state index contributed by atoms with van der Waals surface area (Å²) in [5.74, 6) is -4.49. The quantitative estimate of drug-likeness (QED) is 0.181. The largest absolute Gasteiger partial charge is 0.508 e. The van der Waals surface area contributed by atoms with Gasteiger partial charge < -0.3 is 37.6 Å². The highest BCUT2D eigenvalue weighted by molar-refractivity contribution is 5.94. The minimum atomic E-state index is -1.37. The average Bonchev–Trinajstić information content (AvgIpc) is 2.74. The van der Waals surface area contributed by atoms with Gasteiger partial charge in [0.25, 0.3) is 0 Å². The maximum absolute atomic E-state index is 13.1. The maximum Gasteiger partial charge on any atom is 0.326 e. The number of aliphatic carboxylic acids is 1. The fourth-order valence-electron chi connectivity index (χ4n) is 2.97. The highest BCUT2D eigenvalue weighted by atomic mass is 16.4. The van der Waals surface area contributed by atoms with E-state index in [1.165, 1.54) is 19.1 Å². The number of carboxylic acids is 1. The summed E-state index contributed by atoms with van der Waals surface area (Å²) in [5.41, 5.74) is 11.3. The first kappa shape index (κ1) is 28.4. The van der Waals surface area contributed by atoms with Gasteiger partial charge in [-0.25, -0.2) is 4.79 Å². The van der Waals surface area contributed by atoms with Crippen molar-refractivity contribution in [3.63, 3.8) is 0 Å². The number of primary amides is 1. The first-order chi connectivity index (χ1) is 15.8. The smallest absolute Gasteiger partial charge is 0.326 e. The lowest BCUT2D eigenvalue weighted by molar-refractivity contribution is -0.143. The molecule has 0 aliphatic rings. The van der Waals surface area contributed by atoms with Gasteiger partial charge in [0.2, 0.25) is 23.6 Å². The van der Waals surface area contributed by atoms with Crippen LogP contribution < -0.4 is 27.4 Å². The van der Waals surface area contributed by atoms with Crippen molar-refractivity contribution < 1.29 is 34.2 Å². The number of phenols is 1. The van der Waals surface area contributed by atoms with Gasteiger partial charge in [-0.2, -0.15) is 0 Å². The van der Waals surface area contributed by atoms with Crippen LogP contribution in [-0.4, -0.2) is 64.0 Å². The monoisotopic (exact) mass is 479 g/mol. The van der Waals surface area contributed by atoms with E-state index < -0.39 is 59.7 Å². The molecule has 0 saturated heterocycles. The number of hydrogen-bond acceptors (Lipinski definition) is 7. The topological polar surface area (TPSA) is 214 Å². The third-order valence-electron chi connectivity index (χ3n) is 4.96. The van der Waals surface area contributed by atoms with Gasteiger partial charge in [0.1, 0.15) is 23.9 Å². The van der Waals surface area contributed by atoms with E-state index in [2.05, 4.69) is 16.0 Å². The lowest BCUT2D eigenvalue weighted by Gasteiger charge is -2.27. The van der Waals surface area contributed by atoms with E-state index in [9.17, 15) is 34.2 Å². The van der Waals surface area contributed by atoms with Gasteiger partial charge in [-0.15, -0.1) is 0 Å². The Balaban J connectivity index is 3.03. The molecular weight excluding hydrogens is 446 g/mol. The van der Waals surface area contributed by atoms with E-state index in [1.807, 2.05) is 0 Å². The van der Waals surface area contributed by atoms with E-state index in [-0.39, 0.29) is 25.0 Å². The molecule has 0 saturated carbocycles. The number of nitrogens with two attached hydrogens (primary N) is 2. The van der Waals surface area contributed by atoms with Crippen LogP contribution in [0.25, 0.3) is 0 Å². The Kier molecular flexibility index (Phi) is 11.0. The van der Waals surface area contributed by atoms with Crippen LogP contribution in [0.1, 0.15) is 39.2 Å². The van der Waals surface area contributed by atoms with Crippen molar-refractivity contribution in [1.29, 1.82) is 0 Å². The van der Waals surface area contributed by atoms with Gasteiger partial charge in [-0.3, -0.25) is 19.2 Å². The number of aromatic hydroxyl groups is 1. The van der Waals surface area contributed by atoms with Crippen LogP contribution in [0.3, 0.4) is 0 Å². The summed E-state index contributed by atoms with van der Waals surface area (Å²) in [7, 11) is 0. The van der Waals surface area contributed by atoms with Crippen LogP contribution in [0, 0.1) is 5.92 Å². The molecule has 1 aromatic carbocycles. The third-order valence-corrected chi connectivity index (χ3v) is 4.96. The zero-order chi connectivity index (χ0) is 26.0. The van der Waals surface area contributed by atoms with Gasteiger partial charge in [-0.05, 0) is 37.0 Å².